The minimum absolute atomic E-state index is 0.167. The van der Waals surface area contributed by atoms with Crippen LogP contribution in [0.1, 0.15) is 16.3 Å². The zero-order valence-electron chi connectivity index (χ0n) is 6.80. The van der Waals surface area contributed by atoms with Crippen LogP contribution < -0.4 is 0 Å². The molecule has 0 bridgehead atoms. The van der Waals surface area contributed by atoms with Gasteiger partial charge in [0.05, 0.1) is 6.20 Å². The minimum atomic E-state index is -0.314. The van der Waals surface area contributed by atoms with Gasteiger partial charge in [-0.15, -0.1) is 5.10 Å². The number of aromatic nitrogens is 6. The summed E-state index contributed by atoms with van der Waals surface area (Å²) >= 11 is 0. The number of carbonyl (C=O) groups excluding carboxylic acids is 1. The summed E-state index contributed by atoms with van der Waals surface area (Å²) in [6, 6.07) is 0. The van der Waals surface area contributed by atoms with Crippen LogP contribution in [0.3, 0.4) is 0 Å². The number of nitrogens with one attached hydrogen (secondary N) is 1. The average molecular weight is 178 g/mol. The number of hydrogen-bond donors (Lipinski definition) is 1. The predicted molar refractivity (Wildman–Crippen MR) is 40.8 cm³/mol. The standard InChI is InChI=1S/C6H6N6O/c1-12-2-4(9-11-12)5(13)6-7-3-8-10-6/h2-3H,1H3,(H,7,8,10). The Balaban J connectivity index is 2.33. The highest BCUT2D eigenvalue weighted by Gasteiger charge is 2.14. The molecular weight excluding hydrogens is 172 g/mol. The fourth-order valence-electron chi connectivity index (χ4n) is 0.888. The van der Waals surface area contributed by atoms with Gasteiger partial charge in [-0.05, 0) is 0 Å². The lowest BCUT2D eigenvalue weighted by Gasteiger charge is -1.86. The second-order valence-corrected chi connectivity index (χ2v) is 2.44. The summed E-state index contributed by atoms with van der Waals surface area (Å²) in [6.45, 7) is 0. The van der Waals surface area contributed by atoms with Crippen LogP contribution in [0.4, 0.5) is 0 Å². The van der Waals surface area contributed by atoms with E-state index in [9.17, 15) is 4.79 Å². The maximum atomic E-state index is 11.5. The average Bonchev–Trinajstić information content (AvgIpc) is 2.72. The number of hydrogen-bond acceptors (Lipinski definition) is 5. The van der Waals surface area contributed by atoms with Crippen molar-refractivity contribution in [3.8, 4) is 0 Å². The highest BCUT2D eigenvalue weighted by Crippen LogP contribution is 1.99. The van der Waals surface area contributed by atoms with Crippen molar-refractivity contribution >= 4 is 5.78 Å². The van der Waals surface area contributed by atoms with Gasteiger partial charge in [-0.25, -0.2) is 4.98 Å². The Bertz CT molecular complexity index is 416. The number of rotatable bonds is 2. The number of nitrogens with zero attached hydrogens (tertiary/aromatic N) is 5. The molecule has 7 heteroatoms. The van der Waals surface area contributed by atoms with E-state index >= 15 is 0 Å². The van der Waals surface area contributed by atoms with Gasteiger partial charge >= 0.3 is 0 Å². The van der Waals surface area contributed by atoms with Gasteiger partial charge < -0.3 is 0 Å². The van der Waals surface area contributed by atoms with Crippen molar-refractivity contribution in [3.05, 3.63) is 24.0 Å². The number of H-pyrrole nitrogens is 1. The Morgan fingerprint density at radius 1 is 1.62 bits per heavy atom. The molecule has 0 unspecified atom stereocenters. The number of aryl methyl sites for hydroxylation is 1. The Hall–Kier alpha value is -2.05. The molecule has 2 rings (SSSR count). The molecule has 0 saturated heterocycles. The predicted octanol–water partition coefficient (Wildman–Crippen LogP) is -0.836. The van der Waals surface area contributed by atoms with Crippen molar-refractivity contribution in [1.82, 2.24) is 30.2 Å². The maximum absolute atomic E-state index is 11.5. The zero-order valence-corrected chi connectivity index (χ0v) is 6.80. The summed E-state index contributed by atoms with van der Waals surface area (Å²) < 4.78 is 1.45. The molecule has 7 nitrogen and oxygen atoms in total. The normalized spacial score (nSPS) is 10.2. The van der Waals surface area contributed by atoms with Crippen molar-refractivity contribution in [1.29, 1.82) is 0 Å². The Labute approximate surface area is 72.8 Å². The lowest BCUT2D eigenvalue weighted by atomic mass is 10.3. The summed E-state index contributed by atoms with van der Waals surface area (Å²) in [6.07, 6.45) is 2.79. The second kappa shape index (κ2) is 2.77. The maximum Gasteiger partial charge on any atom is 0.251 e. The van der Waals surface area contributed by atoms with Crippen LogP contribution in [0.25, 0.3) is 0 Å². The molecule has 1 N–H and O–H groups in total. The monoisotopic (exact) mass is 178 g/mol. The molecule has 0 radical (unpaired) electrons. The van der Waals surface area contributed by atoms with E-state index in [0.29, 0.717) is 0 Å². The van der Waals surface area contributed by atoms with Crippen molar-refractivity contribution in [3.63, 3.8) is 0 Å². The first-order valence-electron chi connectivity index (χ1n) is 3.54. The van der Waals surface area contributed by atoms with Crippen LogP contribution in [-0.4, -0.2) is 36.0 Å². The van der Waals surface area contributed by atoms with E-state index in [1.165, 1.54) is 17.2 Å². The van der Waals surface area contributed by atoms with Crippen molar-refractivity contribution in [2.45, 2.75) is 0 Å². The van der Waals surface area contributed by atoms with E-state index in [0.717, 1.165) is 0 Å². The molecule has 0 atom stereocenters. The topological polar surface area (TPSA) is 89.4 Å². The van der Waals surface area contributed by atoms with E-state index in [1.807, 2.05) is 0 Å². The molecule has 0 fully saturated rings. The quantitative estimate of drug-likeness (QED) is 0.606. The van der Waals surface area contributed by atoms with Gasteiger partial charge in [-0.1, -0.05) is 5.21 Å². The van der Waals surface area contributed by atoms with Gasteiger partial charge in [0.15, 0.2) is 11.5 Å². The van der Waals surface area contributed by atoms with E-state index in [4.69, 9.17) is 0 Å². The van der Waals surface area contributed by atoms with Gasteiger partial charge in [0.25, 0.3) is 5.78 Å². The Morgan fingerprint density at radius 3 is 3.00 bits per heavy atom. The summed E-state index contributed by atoms with van der Waals surface area (Å²) in [5.74, 6) is -0.147. The third-order valence-electron chi connectivity index (χ3n) is 1.47. The molecule has 0 aliphatic rings. The molecule has 2 aromatic heterocycles. The van der Waals surface area contributed by atoms with Crippen LogP contribution in [0.15, 0.2) is 12.5 Å². The number of aromatic amines is 1. The minimum Gasteiger partial charge on any atom is -0.283 e. The lowest BCUT2D eigenvalue weighted by Crippen LogP contribution is -2.04. The molecule has 0 aliphatic heterocycles. The van der Waals surface area contributed by atoms with E-state index < -0.39 is 0 Å². The zero-order chi connectivity index (χ0) is 9.26. The Kier molecular flexibility index (Phi) is 1.62. The molecular formula is C6H6N6O. The third kappa shape index (κ3) is 1.31. The summed E-state index contributed by atoms with van der Waals surface area (Å²) in [5, 5.41) is 13.3. The first-order chi connectivity index (χ1) is 6.27. The van der Waals surface area contributed by atoms with Crippen molar-refractivity contribution < 1.29 is 4.79 Å². The van der Waals surface area contributed by atoms with E-state index in [1.54, 1.807) is 7.05 Å². The number of carbonyl (C=O) groups is 1. The molecule has 0 amide bonds. The van der Waals surface area contributed by atoms with Crippen LogP contribution in [0.2, 0.25) is 0 Å². The fraction of sp³-hybridized carbons (Fsp3) is 0.167. The third-order valence-corrected chi connectivity index (χ3v) is 1.47. The highest BCUT2D eigenvalue weighted by atomic mass is 16.1. The molecule has 2 heterocycles. The van der Waals surface area contributed by atoms with Crippen molar-refractivity contribution in [2.75, 3.05) is 0 Å². The van der Waals surface area contributed by atoms with Crippen LogP contribution in [-0.2, 0) is 7.05 Å². The fourth-order valence-corrected chi connectivity index (χ4v) is 0.888. The molecule has 66 valence electrons. The van der Waals surface area contributed by atoms with Gasteiger partial charge in [-0.3, -0.25) is 14.6 Å². The lowest BCUT2D eigenvalue weighted by molar-refractivity contribution is 0.102. The van der Waals surface area contributed by atoms with Crippen LogP contribution in [0.5, 0.6) is 0 Å². The molecule has 0 aliphatic carbocycles. The summed E-state index contributed by atoms with van der Waals surface area (Å²) in [5.41, 5.74) is 0.249. The summed E-state index contributed by atoms with van der Waals surface area (Å²) in [7, 11) is 1.68. The second-order valence-electron chi connectivity index (χ2n) is 2.44. The summed E-state index contributed by atoms with van der Waals surface area (Å²) in [4.78, 5) is 15.2. The van der Waals surface area contributed by atoms with Crippen molar-refractivity contribution in [2.24, 2.45) is 7.05 Å². The molecule has 13 heavy (non-hydrogen) atoms. The van der Waals surface area contributed by atoms with E-state index in [2.05, 4.69) is 25.5 Å². The Morgan fingerprint density at radius 2 is 2.46 bits per heavy atom. The largest absolute Gasteiger partial charge is 0.283 e. The van der Waals surface area contributed by atoms with Crippen LogP contribution >= 0.6 is 0 Å². The molecule has 2 aromatic rings. The first kappa shape index (κ1) is 7.59. The number of ketones is 1. The van der Waals surface area contributed by atoms with Gasteiger partial charge in [-0.2, -0.15) is 5.10 Å². The van der Waals surface area contributed by atoms with Crippen LogP contribution in [0, 0.1) is 0 Å². The molecule has 0 saturated carbocycles. The smallest absolute Gasteiger partial charge is 0.251 e. The molecule has 0 aromatic carbocycles. The molecule has 0 spiro atoms. The van der Waals surface area contributed by atoms with E-state index in [-0.39, 0.29) is 17.3 Å². The SMILES string of the molecule is Cn1cc(C(=O)c2ncn[nH]2)nn1. The van der Waals surface area contributed by atoms with Gasteiger partial charge in [0.1, 0.15) is 6.33 Å². The highest BCUT2D eigenvalue weighted by molar-refractivity contribution is 6.04. The van der Waals surface area contributed by atoms with Gasteiger partial charge in [0.2, 0.25) is 0 Å². The van der Waals surface area contributed by atoms with Gasteiger partial charge in [0, 0.05) is 7.05 Å². The first-order valence-corrected chi connectivity index (χ1v) is 3.54.